The summed E-state index contributed by atoms with van der Waals surface area (Å²) in [5.74, 6) is 7.89. The lowest BCUT2D eigenvalue weighted by Crippen LogP contribution is -2.28. The third kappa shape index (κ3) is 36.1. The Kier molecular flexibility index (Phi) is 36.9. The maximum absolute atomic E-state index is 6.76. The summed E-state index contributed by atoms with van der Waals surface area (Å²) in [6, 6.07) is 0. The van der Waals surface area contributed by atoms with Crippen molar-refractivity contribution in [1.29, 1.82) is 0 Å². The van der Waals surface area contributed by atoms with Crippen molar-refractivity contribution >= 4 is 31.9 Å². The van der Waals surface area contributed by atoms with E-state index >= 15 is 0 Å². The smallest absolute Gasteiger partial charge is 0.160 e. The topological polar surface area (TPSA) is 27.7 Å². The van der Waals surface area contributed by atoms with E-state index in [0.29, 0.717) is 9.65 Å². The van der Waals surface area contributed by atoms with Gasteiger partial charge in [-0.25, -0.2) is 0 Å². The summed E-state index contributed by atoms with van der Waals surface area (Å²) in [4.78, 5) is 1.25. The maximum atomic E-state index is 6.76. The molecule has 0 aliphatic carbocycles. The van der Waals surface area contributed by atoms with E-state index < -0.39 is 0 Å². The number of alkyl halides is 2. The molecule has 0 bridgehead atoms. The lowest BCUT2D eigenvalue weighted by molar-refractivity contribution is -0.250. The number of hydrogen-bond donors (Lipinski definition) is 0. The highest BCUT2D eigenvalue weighted by molar-refractivity contribution is 9.09. The number of ether oxygens (including phenoxy) is 3. The zero-order chi connectivity index (χ0) is 43.2. The average Bonchev–Trinajstić information content (AvgIpc) is 3.06. The Labute approximate surface area is 376 Å². The van der Waals surface area contributed by atoms with Crippen molar-refractivity contribution in [2.24, 2.45) is 59.2 Å². The fourth-order valence-corrected chi connectivity index (χ4v) is 11.8. The van der Waals surface area contributed by atoms with Gasteiger partial charge in [-0.1, -0.05) is 167 Å². The van der Waals surface area contributed by atoms with Crippen LogP contribution >= 0.6 is 31.9 Å². The van der Waals surface area contributed by atoms with Gasteiger partial charge >= 0.3 is 0 Å². The minimum atomic E-state index is -0.161. The first-order valence-corrected chi connectivity index (χ1v) is 26.9. The van der Waals surface area contributed by atoms with Gasteiger partial charge in [0, 0.05) is 22.9 Å². The van der Waals surface area contributed by atoms with Gasteiger partial charge in [0.2, 0.25) is 0 Å². The van der Waals surface area contributed by atoms with Gasteiger partial charge in [0.15, 0.2) is 12.6 Å². The molecular formula is C52H104Br2O3. The minimum Gasteiger partial charge on any atom is -0.353 e. The molecule has 0 saturated heterocycles. The van der Waals surface area contributed by atoms with Gasteiger partial charge in [-0.05, 0) is 162 Å². The van der Waals surface area contributed by atoms with E-state index in [2.05, 4.69) is 129 Å². The van der Waals surface area contributed by atoms with Gasteiger partial charge in [0.05, 0.1) is 0 Å². The molecule has 0 radical (unpaired) electrons. The van der Waals surface area contributed by atoms with Gasteiger partial charge < -0.3 is 14.2 Å². The van der Waals surface area contributed by atoms with Crippen LogP contribution in [0.3, 0.4) is 0 Å². The fourth-order valence-electron chi connectivity index (χ4n) is 10.6. The highest BCUT2D eigenvalue weighted by Crippen LogP contribution is 2.32. The molecule has 3 nitrogen and oxygen atoms in total. The maximum Gasteiger partial charge on any atom is 0.160 e. The number of hydrogen-bond acceptors (Lipinski definition) is 3. The quantitative estimate of drug-likeness (QED) is 0.0348. The third-order valence-electron chi connectivity index (χ3n) is 12.6. The minimum absolute atomic E-state index is 0.161. The van der Waals surface area contributed by atoms with Gasteiger partial charge in [0.1, 0.15) is 0 Å². The molecule has 0 rings (SSSR count). The zero-order valence-electron chi connectivity index (χ0n) is 41.0. The summed E-state index contributed by atoms with van der Waals surface area (Å²) in [5, 5.41) is 0. The first kappa shape index (κ1) is 57.8. The average molecular weight is 937 g/mol. The second kappa shape index (κ2) is 36.3. The Balaban J connectivity index is 5.01. The molecular weight excluding hydrogens is 832 g/mol. The van der Waals surface area contributed by atoms with Gasteiger partial charge in [-0.15, -0.1) is 0 Å². The van der Waals surface area contributed by atoms with Crippen LogP contribution in [0, 0.1) is 59.2 Å². The molecule has 344 valence electrons. The van der Waals surface area contributed by atoms with E-state index in [1.54, 1.807) is 0 Å². The van der Waals surface area contributed by atoms with Crippen LogP contribution in [0.1, 0.15) is 238 Å². The number of unbranched alkanes of at least 4 members (excludes halogenated alkanes) is 4. The second-order valence-corrected chi connectivity index (χ2v) is 24.1. The van der Waals surface area contributed by atoms with Crippen molar-refractivity contribution in [2.75, 3.05) is 13.2 Å². The van der Waals surface area contributed by atoms with E-state index in [1.165, 1.54) is 103 Å². The normalized spacial score (nSPS) is 19.8. The van der Waals surface area contributed by atoms with Crippen LogP contribution in [0.2, 0.25) is 0 Å². The van der Waals surface area contributed by atoms with Crippen molar-refractivity contribution in [3.63, 3.8) is 0 Å². The predicted octanol–water partition coefficient (Wildman–Crippen LogP) is 18.2. The van der Waals surface area contributed by atoms with E-state index in [4.69, 9.17) is 14.2 Å². The molecule has 0 amide bonds. The first-order valence-electron chi connectivity index (χ1n) is 25.1. The molecule has 0 saturated carbocycles. The zero-order valence-corrected chi connectivity index (χ0v) is 44.2. The van der Waals surface area contributed by atoms with Crippen molar-refractivity contribution in [2.45, 2.75) is 260 Å². The lowest BCUT2D eigenvalue weighted by atomic mass is 9.82. The van der Waals surface area contributed by atoms with Gasteiger partial charge in [0.25, 0.3) is 0 Å². The van der Waals surface area contributed by atoms with E-state index in [1.807, 2.05) is 0 Å². The monoisotopic (exact) mass is 935 g/mol. The summed E-state index contributed by atoms with van der Waals surface area (Å²) in [6.07, 6.45) is 26.9. The predicted molar refractivity (Wildman–Crippen MR) is 262 cm³/mol. The summed E-state index contributed by atoms with van der Waals surface area (Å²) in [5.41, 5.74) is 0. The molecule has 57 heavy (non-hydrogen) atoms. The summed E-state index contributed by atoms with van der Waals surface area (Å²) in [6.45, 7) is 35.4. The SMILES string of the molecule is CCCCCOC(CCCC(C)CC(C)CC(C)CC(C)CC(C)CC(C)Br)OC(CCCC(C)CC(C)CC(C)CC(C)CC(C)CC(C)Br)OCCCCC. The molecule has 14 atom stereocenters. The molecule has 0 aromatic carbocycles. The highest BCUT2D eigenvalue weighted by atomic mass is 79.9. The highest BCUT2D eigenvalue weighted by Gasteiger charge is 2.22. The largest absolute Gasteiger partial charge is 0.353 e. The second-order valence-electron chi connectivity index (χ2n) is 21.0. The Hall–Kier alpha value is 0.840. The molecule has 0 aromatic rings. The van der Waals surface area contributed by atoms with E-state index in [9.17, 15) is 0 Å². The molecule has 5 heteroatoms. The number of rotatable bonds is 40. The summed E-state index contributed by atoms with van der Waals surface area (Å²) in [7, 11) is 0. The Morgan fingerprint density at radius 1 is 0.316 bits per heavy atom. The van der Waals surface area contributed by atoms with Crippen molar-refractivity contribution in [3.05, 3.63) is 0 Å². The number of halogens is 2. The van der Waals surface area contributed by atoms with Gasteiger partial charge in [-0.3, -0.25) is 0 Å². The van der Waals surface area contributed by atoms with Crippen molar-refractivity contribution in [3.8, 4) is 0 Å². The van der Waals surface area contributed by atoms with Crippen molar-refractivity contribution < 1.29 is 14.2 Å². The van der Waals surface area contributed by atoms with Crippen LogP contribution < -0.4 is 0 Å². The van der Waals surface area contributed by atoms with E-state index in [-0.39, 0.29) is 12.6 Å². The fraction of sp³-hybridized carbons (Fsp3) is 1.00. The van der Waals surface area contributed by atoms with Crippen LogP contribution in [0.5, 0.6) is 0 Å². The molecule has 0 heterocycles. The van der Waals surface area contributed by atoms with Crippen LogP contribution in [-0.4, -0.2) is 35.4 Å². The molecule has 0 spiro atoms. The summed E-state index contributed by atoms with van der Waals surface area (Å²) >= 11 is 7.50. The molecule has 0 aromatic heterocycles. The Morgan fingerprint density at radius 2 is 0.579 bits per heavy atom. The van der Waals surface area contributed by atoms with Crippen LogP contribution in [0.15, 0.2) is 0 Å². The first-order chi connectivity index (χ1) is 26.9. The molecule has 0 aliphatic heterocycles. The Bertz CT molecular complexity index is 800. The van der Waals surface area contributed by atoms with Crippen LogP contribution in [0.4, 0.5) is 0 Å². The molecule has 0 N–H and O–H groups in total. The summed E-state index contributed by atoms with van der Waals surface area (Å²) < 4.78 is 19.7. The molecule has 14 unspecified atom stereocenters. The molecule has 0 aliphatic rings. The standard InChI is InChI=1S/C52H104Br2O3/c1-15-17-19-27-55-51(25-21-23-39(3)29-41(5)31-43(7)33-45(9)35-47(11)37-49(13)53)57-52(56-28-20-18-16-2)26-22-24-40(4)30-42(6)32-44(8)34-46(10)36-48(12)38-50(14)54/h39-52H,15-38H2,1-14H3. The van der Waals surface area contributed by atoms with Crippen LogP contribution in [0.25, 0.3) is 0 Å². The van der Waals surface area contributed by atoms with Crippen molar-refractivity contribution in [1.82, 2.24) is 0 Å². The molecule has 0 fully saturated rings. The van der Waals surface area contributed by atoms with Crippen LogP contribution in [-0.2, 0) is 14.2 Å². The van der Waals surface area contributed by atoms with E-state index in [0.717, 1.165) is 111 Å². The third-order valence-corrected chi connectivity index (χ3v) is 13.3. The lowest BCUT2D eigenvalue weighted by Gasteiger charge is -2.27. The Morgan fingerprint density at radius 3 is 0.842 bits per heavy atom. The van der Waals surface area contributed by atoms with Gasteiger partial charge in [-0.2, -0.15) is 0 Å².